The fourth-order valence-electron chi connectivity index (χ4n) is 1.51. The second-order valence-corrected chi connectivity index (χ2v) is 5.70. The number of benzene rings is 1. The summed E-state index contributed by atoms with van der Waals surface area (Å²) in [5, 5.41) is 9.10. The van der Waals surface area contributed by atoms with Crippen molar-refractivity contribution in [3.05, 3.63) is 34.9 Å². The molecule has 0 heterocycles. The third-order valence-electron chi connectivity index (χ3n) is 2.74. The fraction of sp³-hybridized carbons (Fsp3) is 0.385. The minimum absolute atomic E-state index is 0.295. The molecule has 3 nitrogen and oxygen atoms in total. The molecule has 0 unspecified atom stereocenters. The van der Waals surface area contributed by atoms with Gasteiger partial charge in [-0.15, -0.1) is 0 Å². The molecule has 0 saturated carbocycles. The van der Waals surface area contributed by atoms with Gasteiger partial charge in [-0.1, -0.05) is 17.7 Å². The molecule has 0 saturated heterocycles. The molecule has 17 heavy (non-hydrogen) atoms. The van der Waals surface area contributed by atoms with Gasteiger partial charge in [0.25, 0.3) is 0 Å². The first-order valence-electron chi connectivity index (χ1n) is 5.24. The zero-order chi connectivity index (χ0) is 13.2. The highest BCUT2D eigenvalue weighted by molar-refractivity contribution is 7.73. The van der Waals surface area contributed by atoms with E-state index >= 15 is 0 Å². The lowest BCUT2D eigenvalue weighted by Crippen LogP contribution is -2.15. The largest absolute Gasteiger partial charge is 0.217 e. The first-order chi connectivity index (χ1) is 7.77. The third kappa shape index (κ3) is 2.95. The Bertz CT molecular complexity index is 611. The van der Waals surface area contributed by atoms with Crippen LogP contribution in [0.3, 0.4) is 0 Å². The Balaban J connectivity index is 3.52. The fourth-order valence-corrected chi connectivity index (χ4v) is 1.82. The van der Waals surface area contributed by atoms with Crippen LogP contribution in [0, 0.1) is 18.3 Å². The third-order valence-corrected chi connectivity index (χ3v) is 3.47. The number of nitriles is 1. The average Bonchev–Trinajstić information content (AvgIpc) is 2.27. The molecule has 0 aliphatic carbocycles. The van der Waals surface area contributed by atoms with E-state index in [0.717, 1.165) is 11.1 Å². The van der Waals surface area contributed by atoms with E-state index in [0.29, 0.717) is 10.4 Å². The maximum Gasteiger partial charge on any atom is 0.217 e. The van der Waals surface area contributed by atoms with Crippen LogP contribution < -0.4 is 0 Å². The number of nitrogens with zero attached hydrogens (tertiary/aromatic N) is 1. The molecule has 0 aliphatic rings. The molecule has 0 N–H and O–H groups in total. The van der Waals surface area contributed by atoms with Crippen molar-refractivity contribution in [2.75, 3.05) is 0 Å². The van der Waals surface area contributed by atoms with E-state index in [1.54, 1.807) is 13.0 Å². The summed E-state index contributed by atoms with van der Waals surface area (Å²) in [5.74, 6) is 0. The first-order valence-corrected chi connectivity index (χ1v) is 6.32. The summed E-state index contributed by atoms with van der Waals surface area (Å²) in [7, 11) is -2.22. The van der Waals surface area contributed by atoms with Crippen LogP contribution in [-0.2, 0) is 15.7 Å². The Hall–Kier alpha value is -1.60. The average molecular weight is 249 g/mol. The number of hydrogen-bond donors (Lipinski definition) is 0. The molecule has 0 radical (unpaired) electrons. The van der Waals surface area contributed by atoms with Crippen LogP contribution in [0.1, 0.15) is 37.5 Å². The smallest absolute Gasteiger partial charge is 0.197 e. The van der Waals surface area contributed by atoms with Crippen LogP contribution in [0.2, 0.25) is 0 Å². The summed E-state index contributed by atoms with van der Waals surface area (Å²) < 4.78 is 21.9. The van der Waals surface area contributed by atoms with Crippen molar-refractivity contribution < 1.29 is 8.42 Å². The van der Waals surface area contributed by atoms with Gasteiger partial charge in [0.05, 0.1) is 16.3 Å². The summed E-state index contributed by atoms with van der Waals surface area (Å²) in [6.07, 6.45) is 0. The molecule has 0 bridgehead atoms. The number of aryl methyl sites for hydroxylation is 1. The molecule has 0 aromatic heterocycles. The van der Waals surface area contributed by atoms with Crippen molar-refractivity contribution in [3.8, 4) is 6.07 Å². The van der Waals surface area contributed by atoms with Gasteiger partial charge in [-0.3, -0.25) is 0 Å². The SMILES string of the molecule is CC(c1cc(C)cc(C(C)(C)C#N)c1)=S(=O)=O. The molecule has 1 aromatic rings. The van der Waals surface area contributed by atoms with E-state index in [9.17, 15) is 8.42 Å². The molecule has 4 heteroatoms. The predicted molar refractivity (Wildman–Crippen MR) is 68.5 cm³/mol. The summed E-state index contributed by atoms with van der Waals surface area (Å²) in [5.41, 5.74) is 1.81. The lowest BCUT2D eigenvalue weighted by Gasteiger charge is -2.17. The second-order valence-electron chi connectivity index (χ2n) is 4.62. The maximum absolute atomic E-state index is 10.9. The van der Waals surface area contributed by atoms with Gasteiger partial charge < -0.3 is 0 Å². The normalized spacial score (nSPS) is 10.8. The number of rotatable bonds is 2. The standard InChI is InChI=1S/C13H15NO2S/c1-9-5-11(10(2)17(15)16)7-12(6-9)13(3,4)8-14/h5-7H,1-4H3. The van der Waals surface area contributed by atoms with Gasteiger partial charge in [0.1, 0.15) is 0 Å². The topological polar surface area (TPSA) is 57.9 Å². The Kier molecular flexibility index (Phi) is 3.74. The lowest BCUT2D eigenvalue weighted by atomic mass is 9.84. The molecule has 0 atom stereocenters. The predicted octanol–water partition coefficient (Wildman–Crippen LogP) is 2.22. The van der Waals surface area contributed by atoms with Crippen LogP contribution in [0.5, 0.6) is 0 Å². The molecule has 1 aromatic carbocycles. The molecular weight excluding hydrogens is 234 g/mol. The van der Waals surface area contributed by atoms with Crippen LogP contribution >= 0.6 is 0 Å². The highest BCUT2D eigenvalue weighted by atomic mass is 32.2. The van der Waals surface area contributed by atoms with Gasteiger partial charge in [-0.05, 0) is 44.9 Å². The molecule has 0 spiro atoms. The Morgan fingerprint density at radius 1 is 1.29 bits per heavy atom. The summed E-state index contributed by atoms with van der Waals surface area (Å²) in [4.78, 5) is 0.295. The molecule has 90 valence electrons. The van der Waals surface area contributed by atoms with Crippen molar-refractivity contribution in [2.24, 2.45) is 0 Å². The van der Waals surface area contributed by atoms with E-state index in [-0.39, 0.29) is 0 Å². The van der Waals surface area contributed by atoms with Crippen molar-refractivity contribution in [2.45, 2.75) is 33.1 Å². The Morgan fingerprint density at radius 2 is 1.88 bits per heavy atom. The van der Waals surface area contributed by atoms with Gasteiger partial charge in [0, 0.05) is 0 Å². The highest BCUT2D eigenvalue weighted by Gasteiger charge is 2.20. The van der Waals surface area contributed by atoms with E-state index < -0.39 is 15.7 Å². The lowest BCUT2D eigenvalue weighted by molar-refractivity contribution is 0.627. The Morgan fingerprint density at radius 3 is 2.35 bits per heavy atom. The minimum Gasteiger partial charge on any atom is -0.197 e. The van der Waals surface area contributed by atoms with E-state index in [2.05, 4.69) is 6.07 Å². The van der Waals surface area contributed by atoms with Crippen LogP contribution in [0.15, 0.2) is 18.2 Å². The van der Waals surface area contributed by atoms with Gasteiger partial charge in [-0.25, -0.2) is 0 Å². The van der Waals surface area contributed by atoms with E-state index in [1.165, 1.54) is 0 Å². The van der Waals surface area contributed by atoms with Gasteiger partial charge >= 0.3 is 0 Å². The van der Waals surface area contributed by atoms with Crippen LogP contribution in [0.25, 0.3) is 0 Å². The van der Waals surface area contributed by atoms with Crippen LogP contribution in [-0.4, -0.2) is 13.3 Å². The summed E-state index contributed by atoms with van der Waals surface area (Å²) in [6, 6.07) is 7.70. The van der Waals surface area contributed by atoms with Gasteiger partial charge in [0.2, 0.25) is 10.3 Å². The highest BCUT2D eigenvalue weighted by Crippen LogP contribution is 2.24. The monoisotopic (exact) mass is 249 g/mol. The first kappa shape index (κ1) is 13.5. The molecule has 1 rings (SSSR count). The van der Waals surface area contributed by atoms with E-state index in [4.69, 9.17) is 5.26 Å². The molecule has 0 aliphatic heterocycles. The van der Waals surface area contributed by atoms with Crippen molar-refractivity contribution >= 4 is 15.2 Å². The zero-order valence-corrected chi connectivity index (χ0v) is 11.2. The van der Waals surface area contributed by atoms with Crippen molar-refractivity contribution in [1.82, 2.24) is 0 Å². The van der Waals surface area contributed by atoms with Crippen LogP contribution in [0.4, 0.5) is 0 Å². The van der Waals surface area contributed by atoms with Gasteiger partial charge in [0.15, 0.2) is 0 Å². The summed E-state index contributed by atoms with van der Waals surface area (Å²) in [6.45, 7) is 7.08. The van der Waals surface area contributed by atoms with Crippen molar-refractivity contribution in [1.29, 1.82) is 5.26 Å². The Labute approximate surface area is 103 Å². The minimum atomic E-state index is -2.22. The quantitative estimate of drug-likeness (QED) is 0.596. The molecule has 0 fully saturated rings. The zero-order valence-electron chi connectivity index (χ0n) is 10.4. The second kappa shape index (κ2) is 4.72. The van der Waals surface area contributed by atoms with Crippen molar-refractivity contribution in [3.63, 3.8) is 0 Å². The van der Waals surface area contributed by atoms with Gasteiger partial charge in [-0.2, -0.15) is 13.7 Å². The maximum atomic E-state index is 10.9. The number of hydrogen-bond acceptors (Lipinski definition) is 3. The summed E-state index contributed by atoms with van der Waals surface area (Å²) >= 11 is 0. The molecular formula is C13H15NO2S. The molecule has 0 amide bonds. The van der Waals surface area contributed by atoms with E-state index in [1.807, 2.05) is 32.9 Å².